The fourth-order valence-corrected chi connectivity index (χ4v) is 8.79. The van der Waals surface area contributed by atoms with Crippen molar-refractivity contribution in [3.8, 4) is 0 Å². The molecule has 2 amide bonds. The van der Waals surface area contributed by atoms with Crippen molar-refractivity contribution in [2.75, 3.05) is 17.2 Å². The van der Waals surface area contributed by atoms with Crippen LogP contribution in [0.25, 0.3) is 0 Å². The summed E-state index contributed by atoms with van der Waals surface area (Å²) in [5.74, 6) is 0.571. The summed E-state index contributed by atoms with van der Waals surface area (Å²) < 4.78 is 28.1. The molecular weight excluding hydrogens is 1250 g/mol. The number of esters is 1. The van der Waals surface area contributed by atoms with E-state index in [1.165, 1.54) is 28.8 Å². The second-order valence-corrected chi connectivity index (χ2v) is 36.4. The van der Waals surface area contributed by atoms with Crippen LogP contribution in [0.4, 0.5) is 11.4 Å². The number of amides is 2. The van der Waals surface area contributed by atoms with Gasteiger partial charge < -0.3 is 20.7 Å². The Morgan fingerprint density at radius 1 is 0.490 bits per heavy atom. The van der Waals surface area contributed by atoms with Crippen molar-refractivity contribution in [1.82, 2.24) is 10.3 Å². The molecule has 0 bridgehead atoms. The largest absolute Gasteiger partial charge is 0.462 e. The van der Waals surface area contributed by atoms with Crippen LogP contribution < -0.4 is 16.0 Å². The summed E-state index contributed by atoms with van der Waals surface area (Å²) in [4.78, 5) is 52.8. The molecule has 1 fully saturated rings. The second kappa shape index (κ2) is 40.2. The third-order valence-electron chi connectivity index (χ3n) is 13.1. The van der Waals surface area contributed by atoms with E-state index >= 15 is 0 Å². The Morgan fingerprint density at radius 2 is 0.885 bits per heavy atom. The molecule has 5 aromatic carbocycles. The Balaban J connectivity index is 0.00000109. The first-order chi connectivity index (χ1) is 43.7. The number of hydrogen-bond acceptors (Lipinski definition) is 10. The minimum Gasteiger partial charge on any atom is -0.462 e. The average Bonchev–Trinajstić information content (AvgIpc) is 0.818. The zero-order valence-corrected chi connectivity index (χ0v) is 66.2. The minimum absolute atomic E-state index is 0.0405. The number of carbonyl (C=O) groups excluding carboxylic acids is 4. The topological polar surface area (TPSA) is 161 Å². The van der Waals surface area contributed by atoms with Crippen LogP contribution in [-0.4, -0.2) is 58.2 Å². The molecule has 3 N–H and O–H groups in total. The van der Waals surface area contributed by atoms with Gasteiger partial charge in [-0.3, -0.25) is 19.4 Å². The van der Waals surface area contributed by atoms with Gasteiger partial charge in [0.15, 0.2) is 15.6 Å². The van der Waals surface area contributed by atoms with Gasteiger partial charge in [0.1, 0.15) is 0 Å². The van der Waals surface area contributed by atoms with Crippen molar-refractivity contribution >= 4 is 79.1 Å². The van der Waals surface area contributed by atoms with Crippen LogP contribution in [0.1, 0.15) is 230 Å². The van der Waals surface area contributed by atoms with Crippen LogP contribution in [0.15, 0.2) is 169 Å². The van der Waals surface area contributed by atoms with Gasteiger partial charge >= 0.3 is 5.97 Å². The molecule has 11 nitrogen and oxygen atoms in total. The minimum atomic E-state index is -3.19. The SMILES string of the molecule is CC(C)(C)C.CC(C)(C)C(=O)Nc1ccccc1.CC(C)(C)C(=O)c1ccncc1.CC(C)(C)C(=S)C1CC1.CC(C)(C)C(=S)NCc1ccccc1.CC(C)(C)Cc1ccccc1.CCOC(=O)c1ccc(NC(=O)C(C)(C)C)cc1.Cc1ccc(S(=O)(=O)C(C)(C)C)cc1. The Hall–Kier alpha value is -6.74. The molecule has 0 aliphatic heterocycles. The maximum Gasteiger partial charge on any atom is 0.338 e. The molecule has 0 unspecified atom stereocenters. The predicted molar refractivity (Wildman–Crippen MR) is 416 cm³/mol. The van der Waals surface area contributed by atoms with Gasteiger partial charge in [-0.25, -0.2) is 13.2 Å². The third kappa shape index (κ3) is 40.7. The summed E-state index contributed by atoms with van der Waals surface area (Å²) in [5, 5.41) is 8.90. The van der Waals surface area contributed by atoms with E-state index < -0.39 is 20.0 Å². The van der Waals surface area contributed by atoms with E-state index in [-0.39, 0.29) is 45.2 Å². The molecule has 1 aliphatic rings. The van der Waals surface area contributed by atoms with Crippen LogP contribution in [0.2, 0.25) is 0 Å². The van der Waals surface area contributed by atoms with E-state index in [4.69, 9.17) is 29.2 Å². The van der Waals surface area contributed by atoms with Crippen LogP contribution in [0.5, 0.6) is 0 Å². The number of Topliss-reactive ketones (excluding diaryl/α,β-unsaturated/α-hetero) is 1. The molecule has 14 heteroatoms. The highest BCUT2D eigenvalue weighted by Gasteiger charge is 2.33. The van der Waals surface area contributed by atoms with Crippen LogP contribution in [0, 0.1) is 50.7 Å². The Labute approximate surface area is 593 Å². The number of aromatic nitrogens is 1. The number of para-hydroxylation sites is 1. The molecule has 0 radical (unpaired) electrons. The molecule has 530 valence electrons. The van der Waals surface area contributed by atoms with Gasteiger partial charge in [0.2, 0.25) is 11.8 Å². The van der Waals surface area contributed by atoms with E-state index in [0.717, 1.165) is 40.7 Å². The number of nitrogens with one attached hydrogen (secondary N) is 3. The number of sulfone groups is 1. The number of pyridine rings is 1. The lowest BCUT2D eigenvalue weighted by atomic mass is 9.87. The number of carbonyl (C=O) groups is 4. The second-order valence-electron chi connectivity index (χ2n) is 32.8. The first-order valence-electron chi connectivity index (χ1n) is 33.3. The predicted octanol–water partition coefficient (Wildman–Crippen LogP) is 21.7. The number of hydrogen-bond donors (Lipinski definition) is 3. The monoisotopic (exact) mass is 1370 g/mol. The van der Waals surface area contributed by atoms with Gasteiger partial charge in [-0.2, -0.15) is 0 Å². The molecule has 0 saturated heterocycles. The van der Waals surface area contributed by atoms with Crippen LogP contribution in [0.3, 0.4) is 0 Å². The molecule has 0 spiro atoms. The summed E-state index contributed by atoms with van der Waals surface area (Å²) in [6, 6.07) is 47.5. The average molecular weight is 1370 g/mol. The molecule has 96 heavy (non-hydrogen) atoms. The zero-order valence-electron chi connectivity index (χ0n) is 63.7. The van der Waals surface area contributed by atoms with E-state index in [9.17, 15) is 27.6 Å². The molecule has 1 aromatic heterocycles. The van der Waals surface area contributed by atoms with Gasteiger partial charge in [0, 0.05) is 62.4 Å². The molecule has 7 rings (SSSR count). The lowest BCUT2D eigenvalue weighted by molar-refractivity contribution is -0.123. The fraction of sp³-hybridized carbons (Fsp3) is 0.500. The third-order valence-corrected chi connectivity index (χ3v) is 17.3. The Morgan fingerprint density at radius 3 is 1.22 bits per heavy atom. The first kappa shape index (κ1) is 89.3. The summed E-state index contributed by atoms with van der Waals surface area (Å²) in [7, 11) is -3.19. The van der Waals surface area contributed by atoms with Gasteiger partial charge in [0.25, 0.3) is 0 Å². The molecule has 1 saturated carbocycles. The highest BCUT2D eigenvalue weighted by atomic mass is 32.2. The number of ether oxygens (including phenoxy) is 1. The normalized spacial score (nSPS) is 12.2. The highest BCUT2D eigenvalue weighted by Crippen LogP contribution is 2.37. The summed E-state index contributed by atoms with van der Waals surface area (Å²) >= 11 is 10.6. The number of aryl methyl sites for hydroxylation is 1. The van der Waals surface area contributed by atoms with Gasteiger partial charge in [-0.1, -0.05) is 273 Å². The number of ketones is 1. The fourth-order valence-electron chi connectivity index (χ4n) is 7.28. The van der Waals surface area contributed by atoms with E-state index in [0.29, 0.717) is 33.6 Å². The maximum absolute atomic E-state index is 12.0. The first-order valence-corrected chi connectivity index (χ1v) is 35.6. The maximum atomic E-state index is 12.0. The highest BCUT2D eigenvalue weighted by molar-refractivity contribution is 7.92. The van der Waals surface area contributed by atoms with Crippen molar-refractivity contribution in [3.05, 3.63) is 192 Å². The molecule has 6 aromatic rings. The Bertz CT molecular complexity index is 3360. The number of rotatable bonds is 10. The smallest absolute Gasteiger partial charge is 0.338 e. The lowest BCUT2D eigenvalue weighted by Crippen LogP contribution is -2.32. The van der Waals surface area contributed by atoms with Crippen molar-refractivity contribution in [2.45, 2.75) is 222 Å². The van der Waals surface area contributed by atoms with Crippen LogP contribution in [-0.2, 0) is 37.1 Å². The molecular formula is C82H122N4O7S3. The number of benzene rings is 5. The number of thiocarbonyl (C=S) groups is 2. The van der Waals surface area contributed by atoms with Gasteiger partial charge in [-0.05, 0) is 148 Å². The summed E-state index contributed by atoms with van der Waals surface area (Å²) in [5.41, 5.74) is 6.64. The van der Waals surface area contributed by atoms with Gasteiger partial charge in [-0.15, -0.1) is 0 Å². The summed E-state index contributed by atoms with van der Waals surface area (Å²) in [6.45, 7) is 55.4. The van der Waals surface area contributed by atoms with Crippen molar-refractivity contribution in [2.24, 2.45) is 43.8 Å². The quantitative estimate of drug-likeness (QED) is 0.0680. The molecule has 1 heterocycles. The van der Waals surface area contributed by atoms with Crippen molar-refractivity contribution < 1.29 is 32.3 Å². The van der Waals surface area contributed by atoms with Gasteiger partial charge in [0.05, 0.1) is 26.8 Å². The number of anilines is 2. The van der Waals surface area contributed by atoms with Crippen LogP contribution >= 0.6 is 24.4 Å². The van der Waals surface area contributed by atoms with E-state index in [1.54, 1.807) is 88.6 Å². The van der Waals surface area contributed by atoms with E-state index in [1.807, 2.05) is 130 Å². The summed E-state index contributed by atoms with van der Waals surface area (Å²) in [6.07, 6.45) is 7.12. The molecule has 0 atom stereocenters. The Kier molecular flexibility index (Phi) is 37.4. The zero-order chi connectivity index (χ0) is 74.3. The molecule has 1 aliphatic carbocycles. The standard InChI is InChI=1S/C14H19NO3.C12H17NS.C11H15NO.C11H16O2S.C11H16.C10H13NO.C8H14S.C5H12/c1-5-18-12(16)10-6-8-11(9-7-10)15-13(17)14(2,3)4;1-12(2,3)11(14)13-9-10-7-5-4-6-8-10;1-11(2,3)10(13)12-9-7-5-4-6-8-9;1-9-5-7-10(8-6-9)14(12,13)11(2,3)4;1-11(2,3)9-10-7-5-4-6-8-10;1-10(2,3)9(12)8-4-6-11-7-5-8;1-8(2,3)7(9)6-4-5-6;1-5(2,3)4/h6-9H,5H2,1-4H3,(H,15,17);4-8H,9H2,1-3H3,(H,13,14);4-8H,1-3H3,(H,12,13);5-8H,1-4H3;4-8H,9H2,1-3H3;4-7H,1-3H3;6H,4-5H2,1-3H3;1-4H3. The lowest BCUT2D eigenvalue weighted by Gasteiger charge is -2.21. The van der Waals surface area contributed by atoms with Crippen molar-refractivity contribution in [1.29, 1.82) is 0 Å². The van der Waals surface area contributed by atoms with Crippen molar-refractivity contribution in [3.63, 3.8) is 0 Å². The number of nitrogens with zero attached hydrogens (tertiary/aromatic N) is 1. The van der Waals surface area contributed by atoms with E-state index in [2.05, 4.69) is 153 Å².